The molecule has 0 spiro atoms. The Labute approximate surface area is 138 Å². The van der Waals surface area contributed by atoms with Gasteiger partial charge in [-0.1, -0.05) is 12.1 Å². The van der Waals surface area contributed by atoms with Gasteiger partial charge in [-0.05, 0) is 30.7 Å². The van der Waals surface area contributed by atoms with E-state index in [9.17, 15) is 4.79 Å². The van der Waals surface area contributed by atoms with E-state index in [0.29, 0.717) is 5.75 Å². The first-order valence-corrected chi connectivity index (χ1v) is 8.48. The van der Waals surface area contributed by atoms with Crippen molar-refractivity contribution in [2.75, 3.05) is 11.1 Å². The van der Waals surface area contributed by atoms with E-state index >= 15 is 0 Å². The van der Waals surface area contributed by atoms with Crippen molar-refractivity contribution >= 4 is 34.4 Å². The molecule has 2 aromatic heterocycles. The minimum atomic E-state index is 0.0178. The Morgan fingerprint density at radius 2 is 2.22 bits per heavy atom. The van der Waals surface area contributed by atoms with Crippen LogP contribution in [0, 0.1) is 6.92 Å². The lowest BCUT2D eigenvalue weighted by atomic mass is 10.0. The highest BCUT2D eigenvalue weighted by Crippen LogP contribution is 2.43. The minimum Gasteiger partial charge on any atom is -0.310 e. The van der Waals surface area contributed by atoms with Crippen LogP contribution in [0.5, 0.6) is 0 Å². The third kappa shape index (κ3) is 2.39. The average molecular weight is 324 g/mol. The monoisotopic (exact) mass is 324 g/mol. The molecule has 0 saturated heterocycles. The van der Waals surface area contributed by atoms with Crippen molar-refractivity contribution < 1.29 is 4.79 Å². The second-order valence-electron chi connectivity index (χ2n) is 5.67. The fourth-order valence-corrected chi connectivity index (χ4v) is 4.25. The molecular formula is C17H16N4OS. The van der Waals surface area contributed by atoms with Gasteiger partial charge in [-0.15, -0.1) is 11.8 Å². The van der Waals surface area contributed by atoms with E-state index in [1.165, 1.54) is 5.56 Å². The number of aromatic nitrogens is 3. The summed E-state index contributed by atoms with van der Waals surface area (Å²) >= 11 is 1.64. The maximum atomic E-state index is 12.0. The molecule has 1 N–H and O–H groups in total. The largest absolute Gasteiger partial charge is 0.310 e. The molecule has 1 aliphatic rings. The van der Waals surface area contributed by atoms with E-state index in [1.54, 1.807) is 22.6 Å². The molecule has 0 radical (unpaired) electrons. The first-order chi connectivity index (χ1) is 11.1. The molecule has 1 aromatic carbocycles. The number of thioether (sulfide) groups is 1. The molecule has 6 heteroatoms. The van der Waals surface area contributed by atoms with Crippen LogP contribution in [0.2, 0.25) is 0 Å². The second kappa shape index (κ2) is 5.38. The number of pyridine rings is 1. The van der Waals surface area contributed by atoms with Gasteiger partial charge in [0.15, 0.2) is 0 Å². The topological polar surface area (TPSA) is 59.8 Å². The molecule has 0 bridgehead atoms. The van der Waals surface area contributed by atoms with Gasteiger partial charge in [0, 0.05) is 24.2 Å². The number of benzene rings is 1. The van der Waals surface area contributed by atoms with E-state index in [0.717, 1.165) is 28.0 Å². The van der Waals surface area contributed by atoms with Crippen LogP contribution < -0.4 is 5.32 Å². The molecule has 1 amide bonds. The number of nitrogens with one attached hydrogen (secondary N) is 1. The molecule has 0 saturated carbocycles. The zero-order valence-electron chi connectivity index (χ0n) is 12.9. The van der Waals surface area contributed by atoms with Crippen LogP contribution in [0.3, 0.4) is 0 Å². The number of carbonyl (C=O) groups is 1. The molecule has 116 valence electrons. The number of hydrogen-bond donors (Lipinski definition) is 1. The molecule has 4 rings (SSSR count). The minimum absolute atomic E-state index is 0.0178. The zero-order valence-corrected chi connectivity index (χ0v) is 13.7. The summed E-state index contributed by atoms with van der Waals surface area (Å²) in [5.41, 5.74) is 4.19. The van der Waals surface area contributed by atoms with Crippen molar-refractivity contribution in [1.29, 1.82) is 0 Å². The molecule has 0 aliphatic carbocycles. The van der Waals surface area contributed by atoms with Gasteiger partial charge in [0.05, 0.1) is 22.2 Å². The summed E-state index contributed by atoms with van der Waals surface area (Å²) in [5.74, 6) is 1.25. The van der Waals surface area contributed by atoms with Crippen LogP contribution in [-0.4, -0.2) is 26.4 Å². The third-order valence-corrected chi connectivity index (χ3v) is 5.37. The van der Waals surface area contributed by atoms with Gasteiger partial charge in [-0.25, -0.2) is 0 Å². The van der Waals surface area contributed by atoms with Gasteiger partial charge in [-0.3, -0.25) is 14.5 Å². The van der Waals surface area contributed by atoms with Crippen LogP contribution in [0.15, 0.2) is 36.5 Å². The summed E-state index contributed by atoms with van der Waals surface area (Å²) < 4.78 is 1.75. The molecule has 0 fully saturated rings. The van der Waals surface area contributed by atoms with Gasteiger partial charge in [0.25, 0.3) is 0 Å². The maximum Gasteiger partial charge on any atom is 0.235 e. The quantitative estimate of drug-likeness (QED) is 0.747. The smallest absolute Gasteiger partial charge is 0.235 e. The highest BCUT2D eigenvalue weighted by atomic mass is 32.2. The van der Waals surface area contributed by atoms with E-state index < -0.39 is 0 Å². The molecule has 1 aliphatic heterocycles. The number of carbonyl (C=O) groups excluding carboxylic acids is 1. The fourth-order valence-electron chi connectivity index (χ4n) is 3.07. The Hall–Kier alpha value is -2.34. The van der Waals surface area contributed by atoms with Crippen molar-refractivity contribution in [3.8, 4) is 0 Å². The van der Waals surface area contributed by atoms with E-state index in [4.69, 9.17) is 0 Å². The first kappa shape index (κ1) is 14.3. The van der Waals surface area contributed by atoms with Crippen molar-refractivity contribution in [2.45, 2.75) is 12.2 Å². The lowest BCUT2D eigenvalue weighted by molar-refractivity contribution is -0.113. The number of amides is 1. The first-order valence-electron chi connectivity index (χ1n) is 7.43. The van der Waals surface area contributed by atoms with Crippen molar-refractivity contribution in [3.63, 3.8) is 0 Å². The molecule has 3 aromatic rings. The van der Waals surface area contributed by atoms with Gasteiger partial charge < -0.3 is 5.32 Å². The van der Waals surface area contributed by atoms with E-state index in [-0.39, 0.29) is 11.2 Å². The predicted molar refractivity (Wildman–Crippen MR) is 92.6 cm³/mol. The summed E-state index contributed by atoms with van der Waals surface area (Å²) in [6.45, 7) is 1.99. The average Bonchev–Trinajstić information content (AvgIpc) is 2.72. The lowest BCUT2D eigenvalue weighted by Gasteiger charge is -2.15. The normalized spacial score (nSPS) is 17.7. The Balaban J connectivity index is 1.88. The zero-order chi connectivity index (χ0) is 16.0. The standard InChI is InChI=1S/C17H16N4OS/c1-10-15-16(23-9-14(22)19-17(15)21(2)20-10)12-5-6-13-11(8-12)4-3-7-18-13/h3-8,16H,9H2,1-2H3,(H,19,22)/t16-/m1/s1. The van der Waals surface area contributed by atoms with Gasteiger partial charge in [0.1, 0.15) is 5.82 Å². The Kier molecular flexibility index (Phi) is 3.34. The summed E-state index contributed by atoms with van der Waals surface area (Å²) in [4.78, 5) is 16.4. The fraction of sp³-hybridized carbons (Fsp3) is 0.235. The van der Waals surface area contributed by atoms with Crippen LogP contribution in [0.4, 0.5) is 5.82 Å². The number of hydrogen-bond acceptors (Lipinski definition) is 4. The summed E-state index contributed by atoms with van der Waals surface area (Å²) in [6.07, 6.45) is 1.80. The van der Waals surface area contributed by atoms with E-state index in [2.05, 4.69) is 33.6 Å². The van der Waals surface area contributed by atoms with Crippen molar-refractivity contribution in [1.82, 2.24) is 14.8 Å². The van der Waals surface area contributed by atoms with Crippen molar-refractivity contribution in [2.24, 2.45) is 7.05 Å². The lowest BCUT2D eigenvalue weighted by Crippen LogP contribution is -2.15. The maximum absolute atomic E-state index is 12.0. The molecule has 1 atom stereocenters. The molecule has 3 heterocycles. The van der Waals surface area contributed by atoms with Crippen LogP contribution in [0.1, 0.15) is 22.1 Å². The summed E-state index contributed by atoms with van der Waals surface area (Å²) in [7, 11) is 1.86. The van der Waals surface area contributed by atoms with Gasteiger partial charge >= 0.3 is 0 Å². The summed E-state index contributed by atoms with van der Waals surface area (Å²) in [6, 6.07) is 10.3. The van der Waals surface area contributed by atoms with E-state index in [1.807, 2.05) is 26.1 Å². The molecular weight excluding hydrogens is 308 g/mol. The predicted octanol–water partition coefficient (Wildman–Crippen LogP) is 3.05. The Morgan fingerprint density at radius 3 is 3.09 bits per heavy atom. The Bertz CT molecular complexity index is 918. The number of anilines is 1. The highest BCUT2D eigenvalue weighted by Gasteiger charge is 2.29. The number of nitrogens with zero attached hydrogens (tertiary/aromatic N) is 3. The Morgan fingerprint density at radius 1 is 1.35 bits per heavy atom. The van der Waals surface area contributed by atoms with Crippen LogP contribution in [-0.2, 0) is 11.8 Å². The molecule has 5 nitrogen and oxygen atoms in total. The van der Waals surface area contributed by atoms with Crippen LogP contribution in [0.25, 0.3) is 10.9 Å². The van der Waals surface area contributed by atoms with Gasteiger partial charge in [0.2, 0.25) is 5.91 Å². The highest BCUT2D eigenvalue weighted by molar-refractivity contribution is 8.00. The second-order valence-corrected chi connectivity index (χ2v) is 6.76. The summed E-state index contributed by atoms with van der Waals surface area (Å²) in [5, 5.41) is 8.65. The SMILES string of the molecule is Cc1nn(C)c2c1[C@@H](c1ccc3ncccc3c1)SCC(=O)N2. The number of fused-ring (bicyclic) bond motifs is 2. The van der Waals surface area contributed by atoms with Crippen LogP contribution >= 0.6 is 11.8 Å². The number of rotatable bonds is 1. The molecule has 23 heavy (non-hydrogen) atoms. The molecule has 0 unspecified atom stereocenters. The van der Waals surface area contributed by atoms with Gasteiger partial charge in [-0.2, -0.15) is 5.10 Å². The number of aryl methyl sites for hydroxylation is 2. The van der Waals surface area contributed by atoms with Crippen molar-refractivity contribution in [3.05, 3.63) is 53.3 Å². The third-order valence-electron chi connectivity index (χ3n) is 4.10.